The molecule has 2 rings (SSSR count). The molecule has 1 aliphatic carbocycles. The Labute approximate surface area is 128 Å². The molecule has 1 saturated carbocycles. The van der Waals surface area contributed by atoms with Gasteiger partial charge in [0.15, 0.2) is 0 Å². The number of nitrogens with one attached hydrogen (secondary N) is 1. The zero-order chi connectivity index (χ0) is 15.4. The highest BCUT2D eigenvalue weighted by molar-refractivity contribution is 6.31. The van der Waals surface area contributed by atoms with Crippen LogP contribution in [-0.2, 0) is 4.79 Å². The van der Waals surface area contributed by atoms with E-state index in [1.165, 1.54) is 6.07 Å². The Balaban J connectivity index is 2.24. The van der Waals surface area contributed by atoms with Crippen molar-refractivity contribution in [3.8, 4) is 0 Å². The molecule has 1 fully saturated rings. The van der Waals surface area contributed by atoms with Gasteiger partial charge in [0.2, 0.25) is 0 Å². The van der Waals surface area contributed by atoms with Gasteiger partial charge in [-0.05, 0) is 37.0 Å². The number of primary amides is 1. The van der Waals surface area contributed by atoms with Crippen LogP contribution in [0.2, 0.25) is 5.02 Å². The van der Waals surface area contributed by atoms with Crippen LogP contribution in [0.1, 0.15) is 42.5 Å². The minimum Gasteiger partial charge on any atom is -0.480 e. The van der Waals surface area contributed by atoms with Gasteiger partial charge in [0.1, 0.15) is 6.04 Å². The molecule has 0 spiro atoms. The zero-order valence-electron chi connectivity index (χ0n) is 11.6. The smallest absolute Gasteiger partial charge is 0.326 e. The van der Waals surface area contributed by atoms with Crippen molar-refractivity contribution >= 4 is 29.2 Å². The summed E-state index contributed by atoms with van der Waals surface area (Å²) in [6.45, 7) is 0. The second kappa shape index (κ2) is 6.80. The molecule has 0 saturated heterocycles. The number of benzene rings is 1. The highest BCUT2D eigenvalue weighted by Gasteiger charge is 2.30. The molecule has 1 aromatic rings. The van der Waals surface area contributed by atoms with Crippen LogP contribution in [0.25, 0.3) is 0 Å². The topological polar surface area (TPSA) is 92.4 Å². The van der Waals surface area contributed by atoms with E-state index in [0.29, 0.717) is 10.7 Å². The number of rotatable bonds is 5. The normalized spacial score (nSPS) is 17.2. The molecule has 0 aromatic heterocycles. The lowest BCUT2D eigenvalue weighted by atomic mass is 9.83. The molecule has 1 unspecified atom stereocenters. The number of carbonyl (C=O) groups excluding carboxylic acids is 1. The summed E-state index contributed by atoms with van der Waals surface area (Å²) < 4.78 is 0. The summed E-state index contributed by atoms with van der Waals surface area (Å²) in [5, 5.41) is 12.8. The van der Waals surface area contributed by atoms with Gasteiger partial charge >= 0.3 is 5.97 Å². The van der Waals surface area contributed by atoms with Crippen LogP contribution in [0.4, 0.5) is 5.69 Å². The number of hydrogen-bond acceptors (Lipinski definition) is 3. The standard InChI is InChI=1S/C15H19ClN2O3/c16-10-6-7-12(11(8-10)14(17)19)18-13(15(20)21)9-4-2-1-3-5-9/h6-9,13,18H,1-5H2,(H2,17,19)(H,20,21). The average Bonchev–Trinajstić information content (AvgIpc) is 2.46. The van der Waals surface area contributed by atoms with Crippen LogP contribution in [0, 0.1) is 5.92 Å². The van der Waals surface area contributed by atoms with Crippen LogP contribution >= 0.6 is 11.6 Å². The number of aliphatic carboxylic acids is 1. The fourth-order valence-corrected chi connectivity index (χ4v) is 3.03. The van der Waals surface area contributed by atoms with Gasteiger partial charge in [-0.25, -0.2) is 4.79 Å². The number of halogens is 1. The Kier molecular flexibility index (Phi) is 5.07. The van der Waals surface area contributed by atoms with E-state index in [1.807, 2.05) is 0 Å². The molecule has 5 nitrogen and oxygen atoms in total. The van der Waals surface area contributed by atoms with Gasteiger partial charge in [0.25, 0.3) is 5.91 Å². The SMILES string of the molecule is NC(=O)c1cc(Cl)ccc1NC(C(=O)O)C1CCCCC1. The first-order chi connectivity index (χ1) is 9.99. The van der Waals surface area contributed by atoms with E-state index < -0.39 is 17.9 Å². The summed E-state index contributed by atoms with van der Waals surface area (Å²) >= 11 is 5.86. The van der Waals surface area contributed by atoms with Crippen LogP contribution < -0.4 is 11.1 Å². The van der Waals surface area contributed by atoms with E-state index >= 15 is 0 Å². The monoisotopic (exact) mass is 310 g/mol. The molecule has 1 aromatic carbocycles. The summed E-state index contributed by atoms with van der Waals surface area (Å²) in [5.41, 5.74) is 5.96. The van der Waals surface area contributed by atoms with E-state index in [-0.39, 0.29) is 11.5 Å². The number of amides is 1. The average molecular weight is 311 g/mol. The molecule has 0 radical (unpaired) electrons. The van der Waals surface area contributed by atoms with E-state index in [0.717, 1.165) is 32.1 Å². The van der Waals surface area contributed by atoms with Crippen molar-refractivity contribution in [1.29, 1.82) is 0 Å². The summed E-state index contributed by atoms with van der Waals surface area (Å²) in [6, 6.07) is 3.94. The minimum atomic E-state index is -0.910. The number of carboxylic acid groups (broad SMARTS) is 1. The maximum absolute atomic E-state index is 11.5. The molecule has 21 heavy (non-hydrogen) atoms. The first-order valence-electron chi connectivity index (χ1n) is 7.07. The summed E-state index contributed by atoms with van der Waals surface area (Å²) in [5.74, 6) is -1.48. The first kappa shape index (κ1) is 15.6. The Bertz CT molecular complexity index is 542. The molecule has 1 amide bonds. The Morgan fingerprint density at radius 2 is 1.95 bits per heavy atom. The molecule has 1 aliphatic rings. The Morgan fingerprint density at radius 1 is 1.29 bits per heavy atom. The molecule has 6 heteroatoms. The van der Waals surface area contributed by atoms with Crippen LogP contribution in [0.5, 0.6) is 0 Å². The van der Waals surface area contributed by atoms with Crippen molar-refractivity contribution in [2.45, 2.75) is 38.1 Å². The lowest BCUT2D eigenvalue weighted by molar-refractivity contribution is -0.139. The molecule has 114 valence electrons. The fraction of sp³-hybridized carbons (Fsp3) is 0.467. The largest absolute Gasteiger partial charge is 0.480 e. The highest BCUT2D eigenvalue weighted by atomic mass is 35.5. The minimum absolute atomic E-state index is 0.0626. The number of hydrogen-bond donors (Lipinski definition) is 3. The lowest BCUT2D eigenvalue weighted by Crippen LogP contribution is -2.38. The Hall–Kier alpha value is -1.75. The summed E-state index contributed by atoms with van der Waals surface area (Å²) in [4.78, 5) is 23.0. The third kappa shape index (κ3) is 3.88. The lowest BCUT2D eigenvalue weighted by Gasteiger charge is -2.29. The van der Waals surface area contributed by atoms with E-state index in [4.69, 9.17) is 17.3 Å². The molecular formula is C15H19ClN2O3. The summed E-state index contributed by atoms with van der Waals surface area (Å²) in [6.07, 6.45) is 4.99. The van der Waals surface area contributed by atoms with Crippen LogP contribution in [0.3, 0.4) is 0 Å². The molecule has 0 heterocycles. The predicted octanol–water partition coefficient (Wildman–Crippen LogP) is 2.88. The van der Waals surface area contributed by atoms with E-state index in [1.54, 1.807) is 12.1 Å². The predicted molar refractivity (Wildman–Crippen MR) is 81.6 cm³/mol. The van der Waals surface area contributed by atoms with Crippen molar-refractivity contribution in [1.82, 2.24) is 0 Å². The number of nitrogens with two attached hydrogens (primary N) is 1. The number of carboxylic acids is 1. The quantitative estimate of drug-likeness (QED) is 0.779. The maximum atomic E-state index is 11.5. The summed E-state index contributed by atoms with van der Waals surface area (Å²) in [7, 11) is 0. The van der Waals surface area contributed by atoms with E-state index in [2.05, 4.69) is 5.32 Å². The third-order valence-corrected chi connectivity index (χ3v) is 4.18. The highest BCUT2D eigenvalue weighted by Crippen LogP contribution is 2.30. The molecule has 4 N–H and O–H groups in total. The van der Waals surface area contributed by atoms with E-state index in [9.17, 15) is 14.7 Å². The van der Waals surface area contributed by atoms with Gasteiger partial charge in [-0.1, -0.05) is 30.9 Å². The zero-order valence-corrected chi connectivity index (χ0v) is 12.4. The second-order valence-corrected chi connectivity index (χ2v) is 5.85. The van der Waals surface area contributed by atoms with Gasteiger partial charge in [-0.3, -0.25) is 4.79 Å². The van der Waals surface area contributed by atoms with Crippen molar-refractivity contribution in [3.05, 3.63) is 28.8 Å². The van der Waals surface area contributed by atoms with Crippen LogP contribution in [-0.4, -0.2) is 23.0 Å². The van der Waals surface area contributed by atoms with Crippen molar-refractivity contribution in [2.75, 3.05) is 5.32 Å². The molecule has 0 bridgehead atoms. The molecule has 1 atom stereocenters. The van der Waals surface area contributed by atoms with Gasteiger partial charge < -0.3 is 16.2 Å². The fourth-order valence-electron chi connectivity index (χ4n) is 2.86. The van der Waals surface area contributed by atoms with Crippen molar-refractivity contribution in [3.63, 3.8) is 0 Å². The van der Waals surface area contributed by atoms with Gasteiger partial charge in [0.05, 0.1) is 5.56 Å². The van der Waals surface area contributed by atoms with Gasteiger partial charge in [-0.15, -0.1) is 0 Å². The Morgan fingerprint density at radius 3 is 2.52 bits per heavy atom. The maximum Gasteiger partial charge on any atom is 0.326 e. The van der Waals surface area contributed by atoms with Gasteiger partial charge in [-0.2, -0.15) is 0 Å². The third-order valence-electron chi connectivity index (χ3n) is 3.95. The van der Waals surface area contributed by atoms with Crippen molar-refractivity contribution < 1.29 is 14.7 Å². The first-order valence-corrected chi connectivity index (χ1v) is 7.45. The van der Waals surface area contributed by atoms with Crippen LogP contribution in [0.15, 0.2) is 18.2 Å². The number of carbonyl (C=O) groups is 2. The molecular weight excluding hydrogens is 292 g/mol. The van der Waals surface area contributed by atoms with Gasteiger partial charge in [0, 0.05) is 10.7 Å². The molecule has 0 aliphatic heterocycles. The second-order valence-electron chi connectivity index (χ2n) is 5.41. The van der Waals surface area contributed by atoms with Crippen molar-refractivity contribution in [2.24, 2.45) is 11.7 Å². The number of anilines is 1.